The van der Waals surface area contributed by atoms with Gasteiger partial charge in [0.1, 0.15) is 29.4 Å². The molecule has 45 heavy (non-hydrogen) atoms. The Labute approximate surface area is 267 Å². The number of nitrogens with one attached hydrogen (secondary N) is 2. The molecule has 2 N–H and O–H groups in total. The van der Waals surface area contributed by atoms with Crippen LogP contribution in [0.15, 0.2) is 75.8 Å². The molecule has 2 unspecified atom stereocenters. The van der Waals surface area contributed by atoms with E-state index in [9.17, 15) is 18.9 Å². The number of β-lactam (4-membered cyclic amide) rings is 1. The van der Waals surface area contributed by atoms with Crippen molar-refractivity contribution in [1.29, 1.82) is 0 Å². The minimum absolute atomic E-state index is 0.0473. The summed E-state index contributed by atoms with van der Waals surface area (Å²) >= 11 is 4.26. The number of likely N-dealkylation sites (tertiary alicyclic amines) is 1. The first kappa shape index (κ1) is 31.8. The zero-order valence-corrected chi connectivity index (χ0v) is 26.4. The summed E-state index contributed by atoms with van der Waals surface area (Å²) in [6.45, 7) is 10.5. The van der Waals surface area contributed by atoms with Crippen molar-refractivity contribution >= 4 is 46.6 Å². The number of carbonyl (C=O) groups is 3. The Morgan fingerprint density at radius 1 is 1.13 bits per heavy atom. The third kappa shape index (κ3) is 6.60. The lowest BCUT2D eigenvalue weighted by Gasteiger charge is -2.48. The number of hydrogen-bond acceptors (Lipinski definition) is 10. The van der Waals surface area contributed by atoms with E-state index >= 15 is 0 Å². The Kier molecular flexibility index (Phi) is 9.32. The van der Waals surface area contributed by atoms with Crippen LogP contribution in [0.25, 0.3) is 11.3 Å². The van der Waals surface area contributed by atoms with Crippen molar-refractivity contribution in [3.8, 4) is 11.3 Å². The Morgan fingerprint density at radius 2 is 1.89 bits per heavy atom. The van der Waals surface area contributed by atoms with Crippen molar-refractivity contribution < 1.29 is 32.7 Å². The third-order valence-electron chi connectivity index (χ3n) is 7.07. The zero-order chi connectivity index (χ0) is 32.4. The number of anilines is 1. The lowest BCUT2D eigenvalue weighted by Crippen LogP contribution is -2.76. The Bertz CT molecular complexity index is 1770. The van der Waals surface area contributed by atoms with Gasteiger partial charge in [0.2, 0.25) is 11.2 Å². The molecule has 4 aromatic rings. The summed E-state index contributed by atoms with van der Waals surface area (Å²) in [5, 5.41) is 9.57. The number of aromatic nitrogens is 2. The van der Waals surface area contributed by atoms with Crippen LogP contribution >= 0.6 is 11.6 Å². The topological polar surface area (TPSA) is 163 Å². The molecular weight excluding hydrogens is 622 g/mol. The van der Waals surface area contributed by atoms with E-state index < -0.39 is 46.6 Å². The van der Waals surface area contributed by atoms with Crippen LogP contribution in [-0.4, -0.2) is 55.0 Å². The molecule has 2 aromatic heterocycles. The van der Waals surface area contributed by atoms with Crippen LogP contribution in [0, 0.1) is 20.8 Å². The molecule has 0 bridgehead atoms. The minimum Gasteiger partial charge on any atom is -0.591 e. The molecular formula is C31H30ClN5O7S. The normalized spacial score (nSPS) is 17.3. The Hall–Kier alpha value is -4.59. The first-order chi connectivity index (χ1) is 21.5. The van der Waals surface area contributed by atoms with E-state index in [-0.39, 0.29) is 35.0 Å². The van der Waals surface area contributed by atoms with Crippen molar-refractivity contribution in [2.45, 2.75) is 51.8 Å². The van der Waals surface area contributed by atoms with E-state index in [2.05, 4.69) is 26.9 Å². The van der Waals surface area contributed by atoms with Crippen LogP contribution < -0.4 is 10.0 Å². The summed E-state index contributed by atoms with van der Waals surface area (Å²) < 4.78 is 32.4. The summed E-state index contributed by atoms with van der Waals surface area (Å²) in [6.07, 6.45) is 0. The number of benzene rings is 2. The molecule has 3 heterocycles. The van der Waals surface area contributed by atoms with Gasteiger partial charge in [-0.25, -0.2) is 4.79 Å². The van der Waals surface area contributed by atoms with E-state index in [4.69, 9.17) is 25.4 Å². The lowest BCUT2D eigenvalue weighted by molar-refractivity contribution is -0.163. The molecule has 5 rings (SSSR count). The van der Waals surface area contributed by atoms with Crippen LogP contribution in [0.2, 0.25) is 5.02 Å². The molecule has 1 saturated heterocycles. The summed E-state index contributed by atoms with van der Waals surface area (Å²) in [7, 11) is 0. The summed E-state index contributed by atoms with van der Waals surface area (Å²) in [4.78, 5) is 41.9. The smallest absolute Gasteiger partial charge is 0.333 e. The average Bonchev–Trinajstić information content (AvgIpc) is 3.59. The fourth-order valence-electron chi connectivity index (χ4n) is 4.98. The van der Waals surface area contributed by atoms with Crippen molar-refractivity contribution in [3.05, 3.63) is 100.0 Å². The maximum absolute atomic E-state index is 13.7. The van der Waals surface area contributed by atoms with Gasteiger partial charge in [0, 0.05) is 11.6 Å². The fraction of sp³-hybridized carbons (Fsp3) is 0.258. The van der Waals surface area contributed by atoms with Gasteiger partial charge in [0.05, 0.1) is 16.4 Å². The van der Waals surface area contributed by atoms with Crippen LogP contribution in [0.4, 0.5) is 5.82 Å². The SMILES string of the molecule is C=C(C)C(C(=O)OCc1cccc(C)c1)N1C(=O)[C@@H](NC(=O)c2c(-c3ccccc3Cl)noc2C)[C@H]1[S+]([O-])Nc1cc(C)on1. The number of ether oxygens (including phenoxy) is 1. The number of amides is 2. The minimum atomic E-state index is -2.10. The van der Waals surface area contributed by atoms with E-state index in [0.717, 1.165) is 16.0 Å². The van der Waals surface area contributed by atoms with Crippen molar-refractivity contribution in [3.63, 3.8) is 0 Å². The van der Waals surface area contributed by atoms with Crippen molar-refractivity contribution in [1.82, 2.24) is 20.5 Å². The van der Waals surface area contributed by atoms with Gasteiger partial charge in [0.15, 0.2) is 12.1 Å². The predicted molar refractivity (Wildman–Crippen MR) is 166 cm³/mol. The van der Waals surface area contributed by atoms with E-state index in [1.165, 1.54) is 6.07 Å². The highest BCUT2D eigenvalue weighted by Gasteiger charge is 2.61. The molecule has 1 aliphatic rings. The number of aryl methyl sites for hydroxylation is 3. The van der Waals surface area contributed by atoms with Crippen LogP contribution in [0.5, 0.6) is 0 Å². The summed E-state index contributed by atoms with van der Waals surface area (Å²) in [5.74, 6) is -1.38. The number of nitrogens with zero attached hydrogens (tertiary/aromatic N) is 3. The van der Waals surface area contributed by atoms with Gasteiger partial charge in [-0.15, -0.1) is 0 Å². The number of halogens is 1. The Balaban J connectivity index is 1.42. The fourth-order valence-corrected chi connectivity index (χ4v) is 6.49. The first-order valence-corrected chi connectivity index (χ1v) is 15.4. The average molecular weight is 652 g/mol. The molecule has 4 atom stereocenters. The zero-order valence-electron chi connectivity index (χ0n) is 24.8. The second-order valence-corrected chi connectivity index (χ2v) is 12.3. The first-order valence-electron chi connectivity index (χ1n) is 13.8. The van der Waals surface area contributed by atoms with Crippen LogP contribution in [0.3, 0.4) is 0 Å². The molecule has 0 aliphatic carbocycles. The number of hydrogen-bond donors (Lipinski definition) is 2. The maximum atomic E-state index is 13.7. The largest absolute Gasteiger partial charge is 0.591 e. The van der Waals surface area contributed by atoms with Gasteiger partial charge in [0.25, 0.3) is 11.8 Å². The summed E-state index contributed by atoms with van der Waals surface area (Å²) in [5.41, 5.74) is 2.69. The monoisotopic (exact) mass is 651 g/mol. The van der Waals surface area contributed by atoms with E-state index in [1.807, 2.05) is 31.2 Å². The number of rotatable bonds is 11. The Morgan fingerprint density at radius 3 is 2.56 bits per heavy atom. The van der Waals surface area contributed by atoms with Gasteiger partial charge in [-0.05, 0) is 44.9 Å². The predicted octanol–water partition coefficient (Wildman–Crippen LogP) is 4.64. The van der Waals surface area contributed by atoms with Crippen molar-refractivity contribution in [2.75, 3.05) is 4.72 Å². The number of esters is 1. The molecule has 1 fully saturated rings. The second kappa shape index (κ2) is 13.2. The van der Waals surface area contributed by atoms with Gasteiger partial charge in [-0.2, -0.15) is 4.72 Å². The summed E-state index contributed by atoms with van der Waals surface area (Å²) in [6, 6.07) is 13.1. The molecule has 0 radical (unpaired) electrons. The molecule has 1 aliphatic heterocycles. The van der Waals surface area contributed by atoms with Crippen LogP contribution in [0.1, 0.15) is 39.9 Å². The maximum Gasteiger partial charge on any atom is 0.333 e. The van der Waals surface area contributed by atoms with E-state index in [0.29, 0.717) is 16.3 Å². The molecule has 14 heteroatoms. The molecule has 2 aromatic carbocycles. The second-order valence-electron chi connectivity index (χ2n) is 10.6. The van der Waals surface area contributed by atoms with Gasteiger partial charge in [-0.3, -0.25) is 14.5 Å². The van der Waals surface area contributed by atoms with Gasteiger partial charge in [-0.1, -0.05) is 76.5 Å². The quantitative estimate of drug-likeness (QED) is 0.101. The molecule has 0 saturated carbocycles. The highest BCUT2D eigenvalue weighted by molar-refractivity contribution is 7.93. The van der Waals surface area contributed by atoms with Gasteiger partial charge < -0.3 is 23.7 Å². The lowest BCUT2D eigenvalue weighted by atomic mass is 9.98. The highest BCUT2D eigenvalue weighted by atomic mass is 35.5. The standard InChI is InChI=1S/C31H30ClN5O7S/c1-16(2)27(31(40)42-15-20-10-8-9-17(3)13-20)37-29(39)26(30(37)45(41)36-23-14-18(4)43-34-23)33-28(38)24-19(5)44-35-25(24)21-11-6-7-12-22(21)32/h6-14,26-27,30H,1,15H2,2-5H3,(H,33,38)(H,34,36)/t26-,27?,30-,45?/m1/s1. The molecule has 234 valence electrons. The van der Waals surface area contributed by atoms with Gasteiger partial charge >= 0.3 is 5.97 Å². The molecule has 12 nitrogen and oxygen atoms in total. The third-order valence-corrected chi connectivity index (χ3v) is 8.75. The highest BCUT2D eigenvalue weighted by Crippen LogP contribution is 2.34. The van der Waals surface area contributed by atoms with E-state index in [1.54, 1.807) is 45.0 Å². The van der Waals surface area contributed by atoms with Crippen molar-refractivity contribution in [2.24, 2.45) is 0 Å². The van der Waals surface area contributed by atoms with Crippen LogP contribution in [-0.2, 0) is 32.3 Å². The number of carbonyl (C=O) groups excluding carboxylic acids is 3. The molecule has 2 amide bonds. The molecule has 0 spiro atoms.